The molecule has 1 aromatic carbocycles. The molecule has 92 valence electrons. The van der Waals surface area contributed by atoms with E-state index in [0.717, 1.165) is 18.6 Å². The van der Waals surface area contributed by atoms with Gasteiger partial charge in [-0.1, -0.05) is 23.8 Å². The Morgan fingerprint density at radius 2 is 2.11 bits per heavy atom. The normalized spacial score (nSPS) is 26.8. The van der Waals surface area contributed by atoms with Crippen LogP contribution in [0.25, 0.3) is 0 Å². The van der Waals surface area contributed by atoms with Crippen molar-refractivity contribution in [1.82, 2.24) is 5.43 Å². The largest absolute Gasteiger partial charge is 0.271 e. The first-order valence-electron chi connectivity index (χ1n) is 6.03. The van der Waals surface area contributed by atoms with E-state index in [1.807, 2.05) is 0 Å². The van der Waals surface area contributed by atoms with E-state index in [9.17, 15) is 4.79 Å². The Kier molecular flexibility index (Phi) is 2.92. The van der Waals surface area contributed by atoms with Crippen molar-refractivity contribution >= 4 is 23.2 Å². The van der Waals surface area contributed by atoms with E-state index in [4.69, 9.17) is 11.6 Å². The summed E-state index contributed by atoms with van der Waals surface area (Å²) >= 11 is 5.77. The molecule has 0 saturated heterocycles. The number of carbonyl (C=O) groups is 1. The molecule has 0 heterocycles. The first-order valence-corrected chi connectivity index (χ1v) is 6.41. The second-order valence-electron chi connectivity index (χ2n) is 4.69. The van der Waals surface area contributed by atoms with Gasteiger partial charge in [-0.2, -0.15) is 5.10 Å². The summed E-state index contributed by atoms with van der Waals surface area (Å²) in [5.41, 5.74) is 4.29. The van der Waals surface area contributed by atoms with Crippen LogP contribution >= 0.6 is 11.6 Å². The highest BCUT2D eigenvalue weighted by Gasteiger charge is 2.37. The van der Waals surface area contributed by atoms with Gasteiger partial charge in [-0.3, -0.25) is 4.79 Å². The van der Waals surface area contributed by atoms with Gasteiger partial charge in [-0.15, -0.1) is 0 Å². The summed E-state index contributed by atoms with van der Waals surface area (Å²) in [5.74, 6) is 0.986. The molecule has 1 aromatic rings. The van der Waals surface area contributed by atoms with Crippen molar-refractivity contribution in [3.8, 4) is 0 Å². The molecule has 3 nitrogen and oxygen atoms in total. The summed E-state index contributed by atoms with van der Waals surface area (Å²) < 4.78 is 0. The van der Waals surface area contributed by atoms with Crippen LogP contribution in [0.2, 0.25) is 5.02 Å². The number of halogens is 1. The molecule has 4 heteroatoms. The number of fused-ring (bicyclic) bond motifs is 1. The maximum Gasteiger partial charge on any atom is 0.271 e. The van der Waals surface area contributed by atoms with Crippen molar-refractivity contribution < 1.29 is 4.79 Å². The van der Waals surface area contributed by atoms with Crippen molar-refractivity contribution in [3.63, 3.8) is 0 Å². The van der Waals surface area contributed by atoms with E-state index in [-0.39, 0.29) is 5.91 Å². The fraction of sp³-hybridized carbons (Fsp3) is 0.286. The Bertz CT molecular complexity index is 533. The van der Waals surface area contributed by atoms with E-state index in [1.54, 1.807) is 24.3 Å². The molecule has 2 aliphatic carbocycles. The van der Waals surface area contributed by atoms with Crippen LogP contribution in [0.3, 0.4) is 0 Å². The number of nitrogens with one attached hydrogen (secondary N) is 1. The Hall–Kier alpha value is -1.61. The third-order valence-electron chi connectivity index (χ3n) is 3.57. The summed E-state index contributed by atoms with van der Waals surface area (Å²) in [6.45, 7) is 0. The molecule has 2 atom stereocenters. The topological polar surface area (TPSA) is 41.5 Å². The molecular weight excluding hydrogens is 248 g/mol. The molecule has 2 aliphatic rings. The molecule has 0 spiro atoms. The molecule has 0 bridgehead atoms. The minimum Gasteiger partial charge on any atom is -0.267 e. The number of hydrazone groups is 1. The first-order chi connectivity index (χ1) is 8.74. The summed E-state index contributed by atoms with van der Waals surface area (Å²) in [6.07, 6.45) is 6.46. The number of hydrogen-bond donors (Lipinski definition) is 1. The second-order valence-corrected chi connectivity index (χ2v) is 5.13. The number of benzene rings is 1. The average molecular weight is 261 g/mol. The van der Waals surface area contributed by atoms with Crippen LogP contribution in [0.5, 0.6) is 0 Å². The summed E-state index contributed by atoms with van der Waals surface area (Å²) in [7, 11) is 0. The molecule has 1 saturated carbocycles. The predicted molar refractivity (Wildman–Crippen MR) is 71.7 cm³/mol. The lowest BCUT2D eigenvalue weighted by molar-refractivity contribution is 0.0954. The Morgan fingerprint density at radius 3 is 2.83 bits per heavy atom. The van der Waals surface area contributed by atoms with Crippen molar-refractivity contribution in [2.75, 3.05) is 0 Å². The molecule has 3 rings (SSSR count). The van der Waals surface area contributed by atoms with E-state index in [0.29, 0.717) is 22.4 Å². The van der Waals surface area contributed by atoms with Crippen LogP contribution in [0, 0.1) is 11.8 Å². The van der Waals surface area contributed by atoms with Gasteiger partial charge in [0.1, 0.15) is 0 Å². The van der Waals surface area contributed by atoms with Crippen LogP contribution in [0.4, 0.5) is 0 Å². The maximum absolute atomic E-state index is 11.8. The Labute approximate surface area is 111 Å². The Morgan fingerprint density at radius 1 is 1.33 bits per heavy atom. The van der Waals surface area contributed by atoms with Crippen molar-refractivity contribution in [2.45, 2.75) is 12.8 Å². The number of hydrogen-bond acceptors (Lipinski definition) is 2. The van der Waals surface area contributed by atoms with Gasteiger partial charge in [0, 0.05) is 22.2 Å². The third-order valence-corrected chi connectivity index (χ3v) is 3.82. The van der Waals surface area contributed by atoms with Gasteiger partial charge in [0.25, 0.3) is 5.91 Å². The van der Waals surface area contributed by atoms with Crippen LogP contribution in [0.1, 0.15) is 23.2 Å². The summed E-state index contributed by atoms with van der Waals surface area (Å²) in [4.78, 5) is 11.8. The minimum atomic E-state index is -0.187. The number of carbonyl (C=O) groups excluding carboxylic acids is 1. The van der Waals surface area contributed by atoms with Gasteiger partial charge in [-0.25, -0.2) is 5.43 Å². The highest BCUT2D eigenvalue weighted by Crippen LogP contribution is 2.40. The van der Waals surface area contributed by atoms with Gasteiger partial charge in [0.15, 0.2) is 0 Å². The number of nitrogens with zero attached hydrogens (tertiary/aromatic N) is 1. The van der Waals surface area contributed by atoms with Crippen molar-refractivity contribution in [1.29, 1.82) is 0 Å². The molecule has 0 unspecified atom stereocenters. The lowest BCUT2D eigenvalue weighted by atomic mass is 9.74. The molecule has 0 aliphatic heterocycles. The zero-order valence-corrected chi connectivity index (χ0v) is 10.5. The number of rotatable bonds is 2. The zero-order chi connectivity index (χ0) is 12.5. The highest BCUT2D eigenvalue weighted by atomic mass is 35.5. The van der Waals surface area contributed by atoms with Gasteiger partial charge in [0.05, 0.1) is 0 Å². The van der Waals surface area contributed by atoms with Crippen LogP contribution < -0.4 is 5.43 Å². The molecule has 18 heavy (non-hydrogen) atoms. The van der Waals surface area contributed by atoms with E-state index < -0.39 is 0 Å². The monoisotopic (exact) mass is 260 g/mol. The van der Waals surface area contributed by atoms with Gasteiger partial charge in [-0.05, 0) is 43.0 Å². The fourth-order valence-electron chi connectivity index (χ4n) is 2.45. The SMILES string of the molecule is O=C(N/N=C1/C[C@H]2C=CC[C@@H]12)c1ccc(Cl)cc1. The molecule has 1 amide bonds. The molecule has 1 N–H and O–H groups in total. The standard InChI is InChI=1S/C14H13ClN2O/c15-11-6-4-9(5-7-11)14(18)17-16-13-8-10-2-1-3-12(10)13/h1-2,4-7,10,12H,3,8H2,(H,17,18)/b16-13-/t10-,12-/m1/s1. The average Bonchev–Trinajstić information content (AvgIpc) is 2.72. The van der Waals surface area contributed by atoms with Crippen LogP contribution in [-0.2, 0) is 0 Å². The van der Waals surface area contributed by atoms with E-state index in [2.05, 4.69) is 22.7 Å². The number of allylic oxidation sites excluding steroid dienone is 2. The quantitative estimate of drug-likeness (QED) is 0.645. The lowest BCUT2D eigenvalue weighted by Crippen LogP contribution is -2.35. The van der Waals surface area contributed by atoms with Crippen LogP contribution in [0.15, 0.2) is 41.5 Å². The van der Waals surface area contributed by atoms with Crippen molar-refractivity contribution in [3.05, 3.63) is 47.0 Å². The molecule has 0 aromatic heterocycles. The van der Waals surface area contributed by atoms with Gasteiger partial charge in [0.2, 0.25) is 0 Å². The number of amides is 1. The minimum absolute atomic E-state index is 0.187. The zero-order valence-electron chi connectivity index (χ0n) is 9.77. The summed E-state index contributed by atoms with van der Waals surface area (Å²) in [6, 6.07) is 6.78. The molecular formula is C14H13ClN2O. The van der Waals surface area contributed by atoms with Gasteiger partial charge < -0.3 is 0 Å². The van der Waals surface area contributed by atoms with Crippen LogP contribution in [-0.4, -0.2) is 11.6 Å². The van der Waals surface area contributed by atoms with Crippen molar-refractivity contribution in [2.24, 2.45) is 16.9 Å². The van der Waals surface area contributed by atoms with Gasteiger partial charge >= 0.3 is 0 Å². The maximum atomic E-state index is 11.8. The fourth-order valence-corrected chi connectivity index (χ4v) is 2.58. The highest BCUT2D eigenvalue weighted by molar-refractivity contribution is 6.30. The van der Waals surface area contributed by atoms with E-state index in [1.165, 1.54) is 0 Å². The second kappa shape index (κ2) is 4.58. The predicted octanol–water partition coefficient (Wildman–Crippen LogP) is 3.02. The first kappa shape index (κ1) is 11.5. The summed E-state index contributed by atoms with van der Waals surface area (Å²) in [5, 5.41) is 4.84. The molecule has 0 radical (unpaired) electrons. The Balaban J connectivity index is 1.62. The van der Waals surface area contributed by atoms with E-state index >= 15 is 0 Å². The lowest BCUT2D eigenvalue weighted by Gasteiger charge is -2.31. The third kappa shape index (κ3) is 2.06. The smallest absolute Gasteiger partial charge is 0.267 e. The molecule has 1 fully saturated rings.